The van der Waals surface area contributed by atoms with Crippen LogP contribution >= 0.6 is 23.2 Å². The lowest BCUT2D eigenvalue weighted by Crippen LogP contribution is -2.15. The Bertz CT molecular complexity index is 1220. The number of halogens is 2. The Kier molecular flexibility index (Phi) is 6.20. The van der Waals surface area contributed by atoms with Gasteiger partial charge in [-0.3, -0.25) is 10.1 Å². The van der Waals surface area contributed by atoms with E-state index in [-0.39, 0.29) is 18.4 Å². The van der Waals surface area contributed by atoms with Crippen molar-refractivity contribution in [3.8, 4) is 5.75 Å². The molecular formula is C21H18Cl2N6O2. The van der Waals surface area contributed by atoms with Gasteiger partial charge in [0.25, 0.3) is 5.91 Å². The number of amides is 1. The minimum Gasteiger partial charge on any atom is -0.470 e. The number of rotatable bonds is 7. The van der Waals surface area contributed by atoms with E-state index in [1.54, 1.807) is 41.5 Å². The number of carbonyl (C=O) groups is 1. The third-order valence-corrected chi connectivity index (χ3v) is 4.84. The van der Waals surface area contributed by atoms with E-state index in [4.69, 9.17) is 27.9 Å². The Morgan fingerprint density at radius 2 is 1.97 bits per heavy atom. The maximum atomic E-state index is 12.5. The number of benzene rings is 2. The second-order valence-corrected chi connectivity index (χ2v) is 7.64. The Hall–Kier alpha value is -3.36. The van der Waals surface area contributed by atoms with Gasteiger partial charge in [0.05, 0.1) is 11.6 Å². The highest BCUT2D eigenvalue weighted by molar-refractivity contribution is 6.35. The normalized spacial score (nSPS) is 10.8. The van der Waals surface area contributed by atoms with E-state index in [1.807, 2.05) is 25.1 Å². The van der Waals surface area contributed by atoms with Crippen molar-refractivity contribution in [2.75, 3.05) is 5.32 Å². The van der Waals surface area contributed by atoms with Crippen LogP contribution < -0.4 is 10.1 Å². The fourth-order valence-electron chi connectivity index (χ4n) is 2.87. The molecule has 2 aromatic heterocycles. The predicted molar refractivity (Wildman–Crippen MR) is 118 cm³/mol. The van der Waals surface area contributed by atoms with Gasteiger partial charge in [0.15, 0.2) is 12.4 Å². The van der Waals surface area contributed by atoms with Crippen molar-refractivity contribution < 1.29 is 9.53 Å². The second kappa shape index (κ2) is 9.20. The van der Waals surface area contributed by atoms with Crippen LogP contribution in [0.25, 0.3) is 0 Å². The van der Waals surface area contributed by atoms with E-state index in [0.29, 0.717) is 22.3 Å². The van der Waals surface area contributed by atoms with E-state index in [1.165, 1.54) is 10.2 Å². The predicted octanol–water partition coefficient (Wildman–Crippen LogP) is 4.43. The van der Waals surface area contributed by atoms with Gasteiger partial charge in [-0.05, 0) is 36.8 Å². The van der Waals surface area contributed by atoms with E-state index < -0.39 is 5.91 Å². The summed E-state index contributed by atoms with van der Waals surface area (Å²) in [7, 11) is 0. The highest BCUT2D eigenvalue weighted by atomic mass is 35.5. The zero-order valence-electron chi connectivity index (χ0n) is 16.5. The number of nitrogens with one attached hydrogen (secondary N) is 1. The van der Waals surface area contributed by atoms with Gasteiger partial charge in [0.2, 0.25) is 5.95 Å². The Labute approximate surface area is 188 Å². The molecule has 0 spiro atoms. The van der Waals surface area contributed by atoms with Crippen LogP contribution in [0.3, 0.4) is 0 Å². The van der Waals surface area contributed by atoms with Crippen molar-refractivity contribution in [2.24, 2.45) is 0 Å². The van der Waals surface area contributed by atoms with Crippen LogP contribution in [-0.2, 0) is 13.3 Å². The Morgan fingerprint density at radius 1 is 1.10 bits per heavy atom. The first kappa shape index (κ1) is 20.9. The maximum Gasteiger partial charge on any atom is 0.278 e. The number of aryl methyl sites for hydroxylation is 1. The van der Waals surface area contributed by atoms with Gasteiger partial charge < -0.3 is 4.74 Å². The van der Waals surface area contributed by atoms with Gasteiger partial charge in [-0.15, -0.1) is 5.10 Å². The molecule has 0 unspecified atom stereocenters. The van der Waals surface area contributed by atoms with Crippen LogP contribution in [-0.4, -0.2) is 30.5 Å². The van der Waals surface area contributed by atoms with Crippen molar-refractivity contribution in [1.82, 2.24) is 24.5 Å². The summed E-state index contributed by atoms with van der Waals surface area (Å²) in [6.07, 6.45) is 3.20. The lowest BCUT2D eigenvalue weighted by molar-refractivity contribution is 0.101. The lowest BCUT2D eigenvalue weighted by Gasteiger charge is -2.08. The molecule has 31 heavy (non-hydrogen) atoms. The zero-order chi connectivity index (χ0) is 21.8. The van der Waals surface area contributed by atoms with Crippen LogP contribution in [0.2, 0.25) is 10.0 Å². The maximum absolute atomic E-state index is 12.5. The topological polar surface area (TPSA) is 86.9 Å². The molecule has 0 bridgehead atoms. The first-order chi connectivity index (χ1) is 15.0. The van der Waals surface area contributed by atoms with Crippen LogP contribution in [0.5, 0.6) is 5.75 Å². The standard InChI is InChI=1S/C21H18Cl2N6O2/c1-14-3-2-4-15(9-14)11-29-12-24-21(27-29)25-20(30)18-7-8-28(26-18)13-31-19-6-5-16(22)10-17(19)23/h2-10,12H,11,13H2,1H3,(H,25,27,30). The highest BCUT2D eigenvalue weighted by Crippen LogP contribution is 2.27. The Morgan fingerprint density at radius 3 is 2.77 bits per heavy atom. The summed E-state index contributed by atoms with van der Waals surface area (Å²) in [6.45, 7) is 2.67. The first-order valence-corrected chi connectivity index (χ1v) is 10.1. The molecule has 10 heteroatoms. The molecule has 2 heterocycles. The van der Waals surface area contributed by atoms with Crippen LogP contribution in [0.4, 0.5) is 5.95 Å². The molecule has 0 saturated carbocycles. The van der Waals surface area contributed by atoms with Crippen molar-refractivity contribution in [3.05, 3.63) is 87.9 Å². The largest absolute Gasteiger partial charge is 0.470 e. The molecule has 0 aliphatic carbocycles. The van der Waals surface area contributed by atoms with Crippen LogP contribution in [0.15, 0.2) is 61.1 Å². The van der Waals surface area contributed by atoms with Gasteiger partial charge in [-0.1, -0.05) is 53.0 Å². The van der Waals surface area contributed by atoms with Gasteiger partial charge in [-0.25, -0.2) is 14.3 Å². The highest BCUT2D eigenvalue weighted by Gasteiger charge is 2.13. The van der Waals surface area contributed by atoms with Crippen molar-refractivity contribution in [2.45, 2.75) is 20.2 Å². The molecule has 8 nitrogen and oxygen atoms in total. The molecule has 0 fully saturated rings. The molecule has 1 amide bonds. The summed E-state index contributed by atoms with van der Waals surface area (Å²) in [6, 6.07) is 14.6. The smallest absolute Gasteiger partial charge is 0.278 e. The molecule has 0 atom stereocenters. The SMILES string of the molecule is Cc1cccc(Cn2cnc(NC(=O)c3ccn(COc4ccc(Cl)cc4Cl)n3)n2)c1. The van der Waals surface area contributed by atoms with E-state index in [2.05, 4.69) is 26.6 Å². The number of hydrogen-bond acceptors (Lipinski definition) is 5. The minimum absolute atomic E-state index is 0.0814. The monoisotopic (exact) mass is 456 g/mol. The quantitative estimate of drug-likeness (QED) is 0.444. The average Bonchev–Trinajstić information content (AvgIpc) is 3.37. The molecule has 0 aliphatic rings. The number of anilines is 1. The molecule has 1 N–H and O–H groups in total. The van der Waals surface area contributed by atoms with E-state index in [0.717, 1.165) is 5.56 Å². The van der Waals surface area contributed by atoms with Gasteiger partial charge in [-0.2, -0.15) is 5.10 Å². The molecule has 0 saturated heterocycles. The summed E-state index contributed by atoms with van der Waals surface area (Å²) in [5, 5.41) is 12.0. The summed E-state index contributed by atoms with van der Waals surface area (Å²) >= 11 is 12.0. The fourth-order valence-corrected chi connectivity index (χ4v) is 3.34. The summed E-state index contributed by atoms with van der Waals surface area (Å²) in [4.78, 5) is 16.6. The van der Waals surface area contributed by atoms with Crippen LogP contribution in [0.1, 0.15) is 21.6 Å². The molecule has 4 rings (SSSR count). The fraction of sp³-hybridized carbons (Fsp3) is 0.143. The average molecular weight is 457 g/mol. The second-order valence-electron chi connectivity index (χ2n) is 6.80. The van der Waals surface area contributed by atoms with Gasteiger partial charge >= 0.3 is 0 Å². The number of hydrogen-bond donors (Lipinski definition) is 1. The van der Waals surface area contributed by atoms with Gasteiger partial charge in [0, 0.05) is 11.2 Å². The van der Waals surface area contributed by atoms with Crippen molar-refractivity contribution in [1.29, 1.82) is 0 Å². The van der Waals surface area contributed by atoms with Gasteiger partial charge in [0.1, 0.15) is 12.1 Å². The van der Waals surface area contributed by atoms with Crippen molar-refractivity contribution in [3.63, 3.8) is 0 Å². The van der Waals surface area contributed by atoms with Crippen molar-refractivity contribution >= 4 is 35.1 Å². The summed E-state index contributed by atoms with van der Waals surface area (Å²) in [5.41, 5.74) is 2.48. The molecule has 4 aromatic rings. The zero-order valence-corrected chi connectivity index (χ0v) is 18.0. The van der Waals surface area contributed by atoms with E-state index >= 15 is 0 Å². The molecule has 0 aliphatic heterocycles. The number of carbonyl (C=O) groups excluding carboxylic acids is 1. The minimum atomic E-state index is -0.420. The summed E-state index contributed by atoms with van der Waals surface area (Å²) < 4.78 is 8.74. The third kappa shape index (κ3) is 5.42. The lowest BCUT2D eigenvalue weighted by atomic mass is 10.1. The molecule has 2 aromatic carbocycles. The molecular weight excluding hydrogens is 439 g/mol. The molecule has 158 valence electrons. The number of aromatic nitrogens is 5. The van der Waals surface area contributed by atoms with Crippen LogP contribution in [0, 0.1) is 6.92 Å². The molecule has 0 radical (unpaired) electrons. The number of nitrogens with zero attached hydrogens (tertiary/aromatic N) is 5. The van der Waals surface area contributed by atoms with E-state index in [9.17, 15) is 4.79 Å². The third-order valence-electron chi connectivity index (χ3n) is 4.31. The first-order valence-electron chi connectivity index (χ1n) is 9.34. The number of ether oxygens (including phenoxy) is 1. The Balaban J connectivity index is 1.34. The summed E-state index contributed by atoms with van der Waals surface area (Å²) in [5.74, 6) is 0.254.